The van der Waals surface area contributed by atoms with Gasteiger partial charge >= 0.3 is 0 Å². The van der Waals surface area contributed by atoms with E-state index in [4.69, 9.17) is 5.26 Å². The van der Waals surface area contributed by atoms with Gasteiger partial charge in [0.05, 0.1) is 6.07 Å². The van der Waals surface area contributed by atoms with Gasteiger partial charge < -0.3 is 0 Å². The van der Waals surface area contributed by atoms with E-state index in [0.29, 0.717) is 6.42 Å². The van der Waals surface area contributed by atoms with Gasteiger partial charge in [0.2, 0.25) is 0 Å². The number of halogens is 3. The summed E-state index contributed by atoms with van der Waals surface area (Å²) in [4.78, 5) is 0. The van der Waals surface area contributed by atoms with Crippen LogP contribution in [-0.4, -0.2) is 3.93 Å². The van der Waals surface area contributed by atoms with Crippen LogP contribution in [0.2, 0.25) is 6.04 Å². The molecule has 0 heterocycles. The molecule has 0 aromatic rings. The maximum atomic E-state index is 8.18. The van der Waals surface area contributed by atoms with Gasteiger partial charge in [-0.25, -0.2) is 0 Å². The lowest BCUT2D eigenvalue weighted by Crippen LogP contribution is -2.04. The summed E-state index contributed by atoms with van der Waals surface area (Å²) < 4.78 is -1.41. The molecule has 0 fully saturated rings. The van der Waals surface area contributed by atoms with Crippen molar-refractivity contribution in [3.05, 3.63) is 0 Å². The second-order valence-corrected chi connectivity index (χ2v) is 25.1. The zero-order valence-corrected chi connectivity index (χ0v) is 10.5. The molecule has 9 heavy (non-hydrogen) atoms. The molecule has 0 bridgehead atoms. The lowest BCUT2D eigenvalue weighted by molar-refractivity contribution is 0.962. The summed E-state index contributed by atoms with van der Waals surface area (Å²) in [6.45, 7) is 0. The molecule has 0 aromatic heterocycles. The van der Waals surface area contributed by atoms with Gasteiger partial charge in [-0.1, -0.05) is 45.9 Å². The van der Waals surface area contributed by atoms with Crippen molar-refractivity contribution in [1.29, 1.82) is 5.26 Å². The fraction of sp³-hybridized carbons (Fsp3) is 0.750. The topological polar surface area (TPSA) is 23.8 Å². The number of rotatable bonds is 3. The molecule has 0 aliphatic carbocycles. The fourth-order valence-corrected chi connectivity index (χ4v) is 3.47. The monoisotopic (exact) mass is 333 g/mol. The van der Waals surface area contributed by atoms with Crippen molar-refractivity contribution in [3.8, 4) is 6.07 Å². The molecule has 0 spiro atoms. The first kappa shape index (κ1) is 10.1. The summed E-state index contributed by atoms with van der Waals surface area (Å²) in [6, 6.07) is 3.14. The fourth-order valence-electron chi connectivity index (χ4n) is 0.368. The van der Waals surface area contributed by atoms with E-state index < -0.39 is 3.93 Å². The summed E-state index contributed by atoms with van der Waals surface area (Å²) in [6.07, 6.45) is 1.61. The molecule has 52 valence electrons. The van der Waals surface area contributed by atoms with Gasteiger partial charge in [0, 0.05) is 6.42 Å². The molecule has 1 nitrogen and oxygen atoms in total. The van der Waals surface area contributed by atoms with Crippen LogP contribution >= 0.6 is 45.9 Å². The van der Waals surface area contributed by atoms with E-state index in [0.717, 1.165) is 12.5 Å². The van der Waals surface area contributed by atoms with Gasteiger partial charge in [0.25, 0.3) is 3.93 Å². The Morgan fingerprint density at radius 3 is 2.22 bits per heavy atom. The van der Waals surface area contributed by atoms with Crippen LogP contribution in [0.4, 0.5) is 0 Å². The van der Waals surface area contributed by atoms with Crippen LogP contribution in [0, 0.1) is 11.3 Å². The minimum Gasteiger partial charge on any atom is -0.198 e. The van der Waals surface area contributed by atoms with Crippen LogP contribution < -0.4 is 0 Å². The lowest BCUT2D eigenvalue weighted by Gasteiger charge is -2.05. The van der Waals surface area contributed by atoms with Crippen LogP contribution in [0.1, 0.15) is 12.8 Å². The van der Waals surface area contributed by atoms with Crippen LogP contribution in [0.3, 0.4) is 0 Å². The molecule has 0 saturated heterocycles. The molecule has 0 aliphatic rings. The van der Waals surface area contributed by atoms with Crippen molar-refractivity contribution in [2.75, 3.05) is 0 Å². The van der Waals surface area contributed by atoms with E-state index in [1.54, 1.807) is 0 Å². The highest BCUT2D eigenvalue weighted by Crippen LogP contribution is 2.33. The zero-order valence-electron chi connectivity index (χ0n) is 4.70. The van der Waals surface area contributed by atoms with E-state index in [1.807, 2.05) is 0 Å². The molecule has 0 radical (unpaired) electrons. The second kappa shape index (κ2) is 4.89. The predicted octanol–water partition coefficient (Wildman–Crippen LogP) is 3.41. The van der Waals surface area contributed by atoms with Crippen LogP contribution in [0.15, 0.2) is 0 Å². The zero-order chi connectivity index (χ0) is 7.33. The van der Waals surface area contributed by atoms with Gasteiger partial charge in [0.1, 0.15) is 0 Å². The maximum absolute atomic E-state index is 8.18. The molecule has 0 atom stereocenters. The first-order chi connectivity index (χ1) is 4.06. The van der Waals surface area contributed by atoms with Crippen LogP contribution in [0.25, 0.3) is 0 Å². The summed E-state index contributed by atoms with van der Waals surface area (Å²) in [5.41, 5.74) is 0. The third-order valence-electron chi connectivity index (χ3n) is 0.749. The molecular formula is C4H6Br3NSi. The molecular weight excluding hydrogens is 330 g/mol. The van der Waals surface area contributed by atoms with Crippen molar-refractivity contribution >= 4 is 49.8 Å². The standard InChI is InChI=1S/C4H6Br3NSi/c5-9(6,7)4-2-1-3-8/h1-2,4H2. The average molecular weight is 336 g/mol. The minimum atomic E-state index is -1.41. The molecule has 0 saturated carbocycles. The molecule has 0 aromatic carbocycles. The van der Waals surface area contributed by atoms with Crippen LogP contribution in [-0.2, 0) is 0 Å². The highest BCUT2D eigenvalue weighted by molar-refractivity contribution is 9.72. The normalized spacial score (nSPS) is 10.9. The first-order valence-electron chi connectivity index (χ1n) is 2.50. The molecule has 0 unspecified atom stereocenters. The summed E-state index contributed by atoms with van der Waals surface area (Å²) in [7, 11) is 0. The number of nitrogens with zero attached hydrogens (tertiary/aromatic N) is 1. The van der Waals surface area contributed by atoms with Gasteiger partial charge in [-0.05, 0) is 12.5 Å². The summed E-state index contributed by atoms with van der Waals surface area (Å²) in [5.74, 6) is 0. The Kier molecular flexibility index (Phi) is 5.51. The van der Waals surface area contributed by atoms with E-state index in [1.165, 1.54) is 0 Å². The number of nitriles is 1. The molecule has 0 rings (SSSR count). The third-order valence-corrected chi connectivity index (χ3v) is 5.24. The van der Waals surface area contributed by atoms with Gasteiger partial charge in [-0.15, -0.1) is 0 Å². The highest BCUT2D eigenvalue weighted by Gasteiger charge is 2.20. The molecule has 0 amide bonds. The number of hydrogen-bond donors (Lipinski definition) is 0. The second-order valence-electron chi connectivity index (χ2n) is 1.63. The van der Waals surface area contributed by atoms with Gasteiger partial charge in [0.15, 0.2) is 0 Å². The Morgan fingerprint density at radius 2 is 1.89 bits per heavy atom. The predicted molar refractivity (Wildman–Crippen MR) is 52.2 cm³/mol. The smallest absolute Gasteiger partial charge is 0.198 e. The molecule has 5 heteroatoms. The van der Waals surface area contributed by atoms with E-state index in [9.17, 15) is 0 Å². The SMILES string of the molecule is N#CCCC[Si](Br)(Br)Br. The van der Waals surface area contributed by atoms with Crippen molar-refractivity contribution in [3.63, 3.8) is 0 Å². The Bertz CT molecular complexity index is 114. The molecule has 0 aliphatic heterocycles. The average Bonchev–Trinajstić information content (AvgIpc) is 1.63. The number of unbranched alkanes of at least 4 members (excludes halogenated alkanes) is 1. The van der Waals surface area contributed by atoms with E-state index >= 15 is 0 Å². The Morgan fingerprint density at radius 1 is 1.33 bits per heavy atom. The largest absolute Gasteiger partial charge is 0.267 e. The lowest BCUT2D eigenvalue weighted by atomic mass is 10.4. The third kappa shape index (κ3) is 9.15. The van der Waals surface area contributed by atoms with Crippen molar-refractivity contribution in [2.45, 2.75) is 18.9 Å². The minimum absolute atomic E-state index is 0.650. The van der Waals surface area contributed by atoms with Gasteiger partial charge in [-0.2, -0.15) is 5.26 Å². The van der Waals surface area contributed by atoms with Crippen molar-refractivity contribution in [1.82, 2.24) is 0 Å². The summed E-state index contributed by atoms with van der Waals surface area (Å²) in [5, 5.41) is 8.18. The van der Waals surface area contributed by atoms with Crippen molar-refractivity contribution < 1.29 is 0 Å². The Balaban J connectivity index is 3.20. The van der Waals surface area contributed by atoms with E-state index in [2.05, 4.69) is 51.9 Å². The quantitative estimate of drug-likeness (QED) is 0.440. The Hall–Kier alpha value is 1.15. The van der Waals surface area contributed by atoms with E-state index in [-0.39, 0.29) is 0 Å². The Labute approximate surface area is 79.6 Å². The maximum Gasteiger partial charge on any atom is 0.267 e. The summed E-state index contributed by atoms with van der Waals surface area (Å²) >= 11 is 10.4. The highest BCUT2D eigenvalue weighted by atomic mass is 80.0. The first-order valence-corrected chi connectivity index (χ1v) is 11.5. The van der Waals surface area contributed by atoms with Crippen LogP contribution in [0.5, 0.6) is 0 Å². The van der Waals surface area contributed by atoms with Crippen molar-refractivity contribution in [2.24, 2.45) is 0 Å². The molecule has 0 N–H and O–H groups in total. The number of hydrogen-bond acceptors (Lipinski definition) is 1. The van der Waals surface area contributed by atoms with Gasteiger partial charge in [-0.3, -0.25) is 0 Å².